The van der Waals surface area contributed by atoms with Gasteiger partial charge in [-0.1, -0.05) is 41.9 Å². The van der Waals surface area contributed by atoms with Crippen LogP contribution in [0, 0.1) is 0 Å². The van der Waals surface area contributed by atoms with Crippen molar-refractivity contribution in [1.82, 2.24) is 5.32 Å². The van der Waals surface area contributed by atoms with E-state index in [-0.39, 0.29) is 5.54 Å². The zero-order chi connectivity index (χ0) is 15.5. The van der Waals surface area contributed by atoms with Crippen molar-refractivity contribution in [1.29, 1.82) is 0 Å². The van der Waals surface area contributed by atoms with Gasteiger partial charge in [0.15, 0.2) is 0 Å². The molecule has 0 aliphatic carbocycles. The molecule has 0 saturated carbocycles. The van der Waals surface area contributed by atoms with Crippen molar-refractivity contribution in [2.45, 2.75) is 32.9 Å². The first kappa shape index (κ1) is 15.9. The molecule has 2 nitrogen and oxygen atoms in total. The van der Waals surface area contributed by atoms with Crippen molar-refractivity contribution in [2.75, 3.05) is 11.9 Å². The van der Waals surface area contributed by atoms with Gasteiger partial charge >= 0.3 is 0 Å². The van der Waals surface area contributed by atoms with Crippen molar-refractivity contribution in [2.24, 2.45) is 0 Å². The van der Waals surface area contributed by atoms with Crippen LogP contribution in [-0.2, 0) is 6.54 Å². The summed E-state index contributed by atoms with van der Waals surface area (Å²) >= 11 is 6.45. The van der Waals surface area contributed by atoms with Crippen LogP contribution in [0.15, 0.2) is 48.5 Å². The summed E-state index contributed by atoms with van der Waals surface area (Å²) in [6.45, 7) is 7.28. The summed E-state index contributed by atoms with van der Waals surface area (Å²) in [6.07, 6.45) is 0. The smallest absolute Gasteiger partial charge is 0.0646 e. The van der Waals surface area contributed by atoms with E-state index in [0.29, 0.717) is 0 Å². The lowest BCUT2D eigenvalue weighted by atomic mass is 10.1. The molecule has 0 heterocycles. The van der Waals surface area contributed by atoms with E-state index < -0.39 is 0 Å². The Labute approximate surface area is 132 Å². The molecule has 0 spiro atoms. The minimum absolute atomic E-state index is 0.0743. The summed E-state index contributed by atoms with van der Waals surface area (Å²) in [5, 5.41) is 4.30. The average Bonchev–Trinajstić information content (AvgIpc) is 2.44. The van der Waals surface area contributed by atoms with Crippen LogP contribution >= 0.6 is 11.6 Å². The summed E-state index contributed by atoms with van der Waals surface area (Å²) in [6, 6.07) is 16.3. The molecule has 112 valence electrons. The first-order valence-electron chi connectivity index (χ1n) is 7.20. The standard InChI is InChI=1S/C18H23ClN2/c1-18(2,3)20-13-14-9-8-12-16(19)17(14)21(4)15-10-6-5-7-11-15/h5-12,20H,13H2,1-4H3. The van der Waals surface area contributed by atoms with Gasteiger partial charge in [-0.2, -0.15) is 0 Å². The van der Waals surface area contributed by atoms with Crippen molar-refractivity contribution < 1.29 is 0 Å². The third kappa shape index (κ3) is 4.23. The number of anilines is 2. The molecule has 0 unspecified atom stereocenters. The molecule has 0 amide bonds. The number of halogens is 1. The molecule has 2 rings (SSSR count). The molecule has 2 aromatic rings. The number of rotatable bonds is 4. The van der Waals surface area contributed by atoms with Crippen LogP contribution in [0.3, 0.4) is 0 Å². The number of hydrogen-bond acceptors (Lipinski definition) is 2. The Hall–Kier alpha value is -1.51. The summed E-state index contributed by atoms with van der Waals surface area (Å²) in [5.74, 6) is 0. The Morgan fingerprint density at radius 2 is 1.67 bits per heavy atom. The molecule has 0 aromatic heterocycles. The van der Waals surface area contributed by atoms with E-state index >= 15 is 0 Å². The zero-order valence-corrected chi connectivity index (χ0v) is 13.9. The number of nitrogens with one attached hydrogen (secondary N) is 1. The van der Waals surface area contributed by atoms with E-state index in [2.05, 4.69) is 56.2 Å². The van der Waals surface area contributed by atoms with Crippen molar-refractivity contribution in [3.8, 4) is 0 Å². The van der Waals surface area contributed by atoms with Gasteiger partial charge in [-0.3, -0.25) is 0 Å². The minimum atomic E-state index is 0.0743. The Bertz CT molecular complexity index is 588. The second-order valence-electron chi connectivity index (χ2n) is 6.25. The molecular weight excluding hydrogens is 280 g/mol. The molecule has 0 bridgehead atoms. The van der Waals surface area contributed by atoms with Gasteiger partial charge in [-0.25, -0.2) is 0 Å². The van der Waals surface area contributed by atoms with E-state index in [9.17, 15) is 0 Å². The maximum atomic E-state index is 6.45. The summed E-state index contributed by atoms with van der Waals surface area (Å²) < 4.78 is 0. The molecule has 0 fully saturated rings. The fraction of sp³-hybridized carbons (Fsp3) is 0.333. The van der Waals surface area contributed by atoms with Gasteiger partial charge in [0.1, 0.15) is 0 Å². The third-order valence-electron chi connectivity index (χ3n) is 3.36. The Kier molecular flexibility index (Phi) is 4.92. The van der Waals surface area contributed by atoms with Gasteiger partial charge in [-0.05, 0) is 44.5 Å². The minimum Gasteiger partial charge on any atom is -0.343 e. The first-order valence-corrected chi connectivity index (χ1v) is 7.57. The van der Waals surface area contributed by atoms with Crippen molar-refractivity contribution in [3.63, 3.8) is 0 Å². The highest BCUT2D eigenvalue weighted by molar-refractivity contribution is 6.33. The predicted molar refractivity (Wildman–Crippen MR) is 92.5 cm³/mol. The molecule has 21 heavy (non-hydrogen) atoms. The van der Waals surface area contributed by atoms with E-state index in [0.717, 1.165) is 22.9 Å². The van der Waals surface area contributed by atoms with Gasteiger partial charge in [0, 0.05) is 24.8 Å². The molecule has 0 saturated heterocycles. The summed E-state index contributed by atoms with van der Waals surface area (Å²) in [5.41, 5.74) is 3.46. The van der Waals surface area contributed by atoms with Gasteiger partial charge in [0.05, 0.1) is 10.7 Å². The van der Waals surface area contributed by atoms with E-state index in [1.807, 2.05) is 30.3 Å². The number of nitrogens with zero attached hydrogens (tertiary/aromatic N) is 1. The quantitative estimate of drug-likeness (QED) is 0.855. The first-order chi connectivity index (χ1) is 9.88. The number of benzene rings is 2. The maximum Gasteiger partial charge on any atom is 0.0646 e. The molecule has 2 aromatic carbocycles. The van der Waals surface area contributed by atoms with Crippen LogP contribution < -0.4 is 10.2 Å². The third-order valence-corrected chi connectivity index (χ3v) is 3.66. The van der Waals surface area contributed by atoms with Crippen LogP contribution in [0.25, 0.3) is 0 Å². The second-order valence-corrected chi connectivity index (χ2v) is 6.65. The van der Waals surface area contributed by atoms with Crippen LogP contribution in [0.4, 0.5) is 11.4 Å². The Morgan fingerprint density at radius 3 is 2.29 bits per heavy atom. The van der Waals surface area contributed by atoms with Crippen LogP contribution in [0.2, 0.25) is 5.02 Å². The van der Waals surface area contributed by atoms with Gasteiger partial charge < -0.3 is 10.2 Å². The number of para-hydroxylation sites is 2. The molecule has 1 N–H and O–H groups in total. The van der Waals surface area contributed by atoms with Gasteiger partial charge in [-0.15, -0.1) is 0 Å². The van der Waals surface area contributed by atoms with Crippen molar-refractivity contribution in [3.05, 3.63) is 59.1 Å². The Balaban J connectivity index is 2.34. The number of hydrogen-bond donors (Lipinski definition) is 1. The van der Waals surface area contributed by atoms with Crippen LogP contribution in [0.1, 0.15) is 26.3 Å². The summed E-state index contributed by atoms with van der Waals surface area (Å²) in [7, 11) is 2.05. The highest BCUT2D eigenvalue weighted by Crippen LogP contribution is 2.34. The largest absolute Gasteiger partial charge is 0.343 e. The molecule has 0 aliphatic heterocycles. The van der Waals surface area contributed by atoms with Crippen LogP contribution in [-0.4, -0.2) is 12.6 Å². The topological polar surface area (TPSA) is 15.3 Å². The van der Waals surface area contributed by atoms with Gasteiger partial charge in [0.2, 0.25) is 0 Å². The maximum absolute atomic E-state index is 6.45. The normalized spacial score (nSPS) is 11.5. The Morgan fingerprint density at radius 1 is 1.00 bits per heavy atom. The van der Waals surface area contributed by atoms with E-state index in [1.165, 1.54) is 5.56 Å². The average molecular weight is 303 g/mol. The molecule has 0 radical (unpaired) electrons. The fourth-order valence-electron chi connectivity index (χ4n) is 2.22. The molecule has 0 atom stereocenters. The lowest BCUT2D eigenvalue weighted by Gasteiger charge is -2.26. The fourth-order valence-corrected chi connectivity index (χ4v) is 2.54. The second kappa shape index (κ2) is 6.50. The SMILES string of the molecule is CN(c1ccccc1)c1c(Cl)cccc1CNC(C)(C)C. The zero-order valence-electron chi connectivity index (χ0n) is 13.2. The highest BCUT2D eigenvalue weighted by atomic mass is 35.5. The molecular formula is C18H23ClN2. The van der Waals surface area contributed by atoms with Gasteiger partial charge in [0.25, 0.3) is 0 Å². The lowest BCUT2D eigenvalue weighted by molar-refractivity contribution is 0.424. The molecule has 3 heteroatoms. The van der Waals surface area contributed by atoms with Crippen LogP contribution in [0.5, 0.6) is 0 Å². The van der Waals surface area contributed by atoms with E-state index in [4.69, 9.17) is 11.6 Å². The lowest BCUT2D eigenvalue weighted by Crippen LogP contribution is -2.35. The monoisotopic (exact) mass is 302 g/mol. The highest BCUT2D eigenvalue weighted by Gasteiger charge is 2.15. The van der Waals surface area contributed by atoms with E-state index in [1.54, 1.807) is 0 Å². The van der Waals surface area contributed by atoms with Crippen molar-refractivity contribution >= 4 is 23.0 Å². The predicted octanol–water partition coefficient (Wildman–Crippen LogP) is 5.00. The summed E-state index contributed by atoms with van der Waals surface area (Å²) in [4.78, 5) is 2.14. The molecule has 0 aliphatic rings.